The third-order valence-corrected chi connectivity index (χ3v) is 15.2. The molecule has 256 valence electrons. The van der Waals surface area contributed by atoms with Gasteiger partial charge in [0.2, 0.25) is 0 Å². The first kappa shape index (κ1) is 30.5. The van der Waals surface area contributed by atoms with Crippen LogP contribution in [0.15, 0.2) is 103 Å². The molecule has 1 heteroatoms. The van der Waals surface area contributed by atoms with Crippen LogP contribution in [0, 0.1) is 23.7 Å². The van der Waals surface area contributed by atoms with Gasteiger partial charge in [0.25, 0.3) is 0 Å². The van der Waals surface area contributed by atoms with Crippen LogP contribution in [0.4, 0.5) is 17.1 Å². The van der Waals surface area contributed by atoms with Crippen molar-refractivity contribution in [2.24, 2.45) is 23.7 Å². The fraction of sp³-hybridized carbons (Fsp3) is 0.400. The van der Waals surface area contributed by atoms with Crippen molar-refractivity contribution < 1.29 is 0 Å². The lowest BCUT2D eigenvalue weighted by Crippen LogP contribution is -2.18. The minimum Gasteiger partial charge on any atom is -0.310 e. The Labute approximate surface area is 305 Å². The van der Waals surface area contributed by atoms with Gasteiger partial charge in [-0.3, -0.25) is 0 Å². The maximum Gasteiger partial charge on any atom is 0.0465 e. The molecule has 0 saturated heterocycles. The van der Waals surface area contributed by atoms with Crippen molar-refractivity contribution in [1.82, 2.24) is 0 Å². The molecular weight excluding hydrogens is 615 g/mol. The smallest absolute Gasteiger partial charge is 0.0465 e. The van der Waals surface area contributed by atoms with Crippen LogP contribution < -0.4 is 4.90 Å². The summed E-state index contributed by atoms with van der Waals surface area (Å²) in [5, 5.41) is 0. The highest BCUT2D eigenvalue weighted by molar-refractivity contribution is 5.95. The van der Waals surface area contributed by atoms with Gasteiger partial charge in [0, 0.05) is 27.9 Å². The molecule has 0 aliphatic heterocycles. The minimum atomic E-state index is -0.0937. The van der Waals surface area contributed by atoms with Gasteiger partial charge in [0.05, 0.1) is 0 Å². The zero-order valence-corrected chi connectivity index (χ0v) is 30.9. The van der Waals surface area contributed by atoms with Crippen LogP contribution in [-0.2, 0) is 10.8 Å². The van der Waals surface area contributed by atoms with Crippen LogP contribution >= 0.6 is 0 Å². The summed E-state index contributed by atoms with van der Waals surface area (Å²) >= 11 is 0. The lowest BCUT2D eigenvalue weighted by molar-refractivity contribution is 0.420. The van der Waals surface area contributed by atoms with Crippen LogP contribution in [0.2, 0.25) is 0 Å². The summed E-state index contributed by atoms with van der Waals surface area (Å²) in [6, 6.07) is 40.9. The van der Waals surface area contributed by atoms with Crippen LogP contribution in [0.3, 0.4) is 0 Å². The number of anilines is 3. The van der Waals surface area contributed by atoms with Crippen LogP contribution in [0.5, 0.6) is 0 Å². The normalized spacial score (nSPS) is 28.1. The minimum absolute atomic E-state index is 0.0409. The van der Waals surface area contributed by atoms with Gasteiger partial charge < -0.3 is 4.90 Å². The highest BCUT2D eigenvalue weighted by atomic mass is 15.1. The first-order chi connectivity index (χ1) is 24.8. The topological polar surface area (TPSA) is 3.24 Å². The van der Waals surface area contributed by atoms with Crippen LogP contribution in [-0.4, -0.2) is 0 Å². The standard InChI is InChI=1S/C50H51N/c1-49(2)45-24-23-40-39-7-5-6-8-44(39)50(3,4)48(40)47(45)41-22-21-38(29-46(41)49)51(36-17-13-32(14-18-36)42-27-30-9-11-34(42)25-30)37-19-15-33(16-20-37)43-28-31-10-12-35(43)26-31/h5-8,13-24,29-31,34-35,42-43H,9-12,25-28H2,1-4H3. The van der Waals surface area contributed by atoms with E-state index in [0.717, 1.165) is 35.5 Å². The molecule has 6 aliphatic carbocycles. The quantitative estimate of drug-likeness (QED) is 0.181. The Bertz CT molecular complexity index is 2130. The molecule has 6 aliphatic rings. The molecule has 51 heavy (non-hydrogen) atoms. The fourth-order valence-corrected chi connectivity index (χ4v) is 12.7. The van der Waals surface area contributed by atoms with E-state index in [1.165, 1.54) is 113 Å². The SMILES string of the molecule is CC1(C)c2cc(N(c3ccc(C4CC5CCC4C5)cc3)c3ccc(C4CC5CCC4C5)cc3)ccc2-c2c1ccc1c2C(C)(C)c2ccccc2-1. The maximum atomic E-state index is 2.54. The largest absolute Gasteiger partial charge is 0.310 e. The monoisotopic (exact) mass is 665 g/mol. The Morgan fingerprint density at radius 1 is 0.471 bits per heavy atom. The molecule has 4 fully saturated rings. The summed E-state index contributed by atoms with van der Waals surface area (Å²) in [7, 11) is 0. The molecule has 5 aromatic rings. The molecule has 4 bridgehead atoms. The number of fused-ring (bicyclic) bond motifs is 11. The fourth-order valence-electron chi connectivity index (χ4n) is 12.7. The van der Waals surface area contributed by atoms with E-state index in [0.29, 0.717) is 0 Å². The second-order valence-electron chi connectivity index (χ2n) is 18.5. The third-order valence-electron chi connectivity index (χ3n) is 15.2. The van der Waals surface area contributed by atoms with E-state index in [1.54, 1.807) is 11.1 Å². The van der Waals surface area contributed by atoms with E-state index >= 15 is 0 Å². The van der Waals surface area contributed by atoms with Crippen molar-refractivity contribution in [3.05, 3.63) is 137 Å². The summed E-state index contributed by atoms with van der Waals surface area (Å²) in [4.78, 5) is 2.54. The first-order valence-corrected chi connectivity index (χ1v) is 20.2. The Kier molecular flexibility index (Phi) is 6.42. The zero-order valence-electron chi connectivity index (χ0n) is 30.9. The zero-order chi connectivity index (χ0) is 34.2. The van der Waals surface area contributed by atoms with E-state index in [2.05, 4.69) is 136 Å². The van der Waals surface area contributed by atoms with E-state index in [1.807, 2.05) is 0 Å². The van der Waals surface area contributed by atoms with E-state index in [-0.39, 0.29) is 10.8 Å². The van der Waals surface area contributed by atoms with Gasteiger partial charge in [-0.25, -0.2) is 0 Å². The number of hydrogen-bond donors (Lipinski definition) is 0. The molecule has 6 unspecified atom stereocenters. The molecule has 1 nitrogen and oxygen atoms in total. The molecule has 0 N–H and O–H groups in total. The van der Waals surface area contributed by atoms with E-state index in [9.17, 15) is 0 Å². The molecule has 0 heterocycles. The van der Waals surface area contributed by atoms with Gasteiger partial charge in [-0.15, -0.1) is 0 Å². The number of nitrogens with zero attached hydrogens (tertiary/aromatic N) is 1. The Balaban J connectivity index is 1.02. The van der Waals surface area contributed by atoms with E-state index in [4.69, 9.17) is 0 Å². The predicted octanol–water partition coefficient (Wildman–Crippen LogP) is 13.6. The highest BCUT2D eigenvalue weighted by Crippen LogP contribution is 2.60. The molecule has 6 atom stereocenters. The Morgan fingerprint density at radius 3 is 1.61 bits per heavy atom. The van der Waals surface area contributed by atoms with Crippen molar-refractivity contribution in [3.63, 3.8) is 0 Å². The van der Waals surface area contributed by atoms with Crippen LogP contribution in [0.25, 0.3) is 22.3 Å². The lowest BCUT2D eigenvalue weighted by atomic mass is 9.77. The predicted molar refractivity (Wildman–Crippen MR) is 213 cm³/mol. The van der Waals surface area contributed by atoms with Crippen molar-refractivity contribution in [3.8, 4) is 22.3 Å². The average molecular weight is 666 g/mol. The molecule has 0 radical (unpaired) electrons. The second kappa shape index (κ2) is 10.7. The summed E-state index contributed by atoms with van der Waals surface area (Å²) in [5.74, 6) is 5.23. The van der Waals surface area contributed by atoms with Gasteiger partial charge in [-0.1, -0.05) is 107 Å². The number of hydrogen-bond acceptors (Lipinski definition) is 1. The highest BCUT2D eigenvalue weighted by Gasteiger charge is 2.45. The molecule has 4 saturated carbocycles. The summed E-state index contributed by atoms with van der Waals surface area (Å²) in [6.45, 7) is 9.75. The summed E-state index contributed by atoms with van der Waals surface area (Å²) in [6.07, 6.45) is 11.5. The van der Waals surface area contributed by atoms with Crippen LogP contribution in [0.1, 0.15) is 124 Å². The second-order valence-corrected chi connectivity index (χ2v) is 18.5. The van der Waals surface area contributed by atoms with Crippen molar-refractivity contribution >= 4 is 17.1 Å². The van der Waals surface area contributed by atoms with Gasteiger partial charge in [0.15, 0.2) is 0 Å². The third kappa shape index (κ3) is 4.33. The molecule has 0 amide bonds. The molecule has 11 rings (SSSR count). The van der Waals surface area contributed by atoms with Gasteiger partial charge in [0.1, 0.15) is 0 Å². The summed E-state index contributed by atoms with van der Waals surface area (Å²) < 4.78 is 0. The number of rotatable bonds is 5. The molecule has 0 aromatic heterocycles. The lowest BCUT2D eigenvalue weighted by Gasteiger charge is -2.29. The van der Waals surface area contributed by atoms with Gasteiger partial charge >= 0.3 is 0 Å². The summed E-state index contributed by atoms with van der Waals surface area (Å²) in [5.41, 5.74) is 18.3. The van der Waals surface area contributed by atoms with Crippen molar-refractivity contribution in [1.29, 1.82) is 0 Å². The molecular formula is C50H51N. The molecule has 0 spiro atoms. The number of benzene rings is 5. The van der Waals surface area contributed by atoms with Gasteiger partial charge in [-0.2, -0.15) is 0 Å². The van der Waals surface area contributed by atoms with E-state index < -0.39 is 0 Å². The first-order valence-electron chi connectivity index (χ1n) is 20.2. The maximum absolute atomic E-state index is 2.54. The molecule has 5 aromatic carbocycles. The van der Waals surface area contributed by atoms with Crippen molar-refractivity contribution in [2.75, 3.05) is 4.90 Å². The van der Waals surface area contributed by atoms with Crippen molar-refractivity contribution in [2.45, 2.75) is 102 Å². The Morgan fingerprint density at radius 2 is 1.04 bits per heavy atom. The Hall–Kier alpha value is -4.10. The van der Waals surface area contributed by atoms with Gasteiger partial charge in [-0.05, 0) is 166 Å². The average Bonchev–Trinajstić information content (AvgIpc) is 4.02.